The molecule has 112 valence electrons. The minimum absolute atomic E-state index is 0.380. The van der Waals surface area contributed by atoms with Gasteiger partial charge in [0.15, 0.2) is 0 Å². The first kappa shape index (κ1) is 15.3. The molecule has 0 aliphatic carbocycles. The van der Waals surface area contributed by atoms with Gasteiger partial charge in [0.05, 0.1) is 6.10 Å². The Morgan fingerprint density at radius 1 is 1.21 bits per heavy atom. The number of piperazine rings is 1. The number of unbranched alkanes of at least 4 members (excludes halogenated alkanes) is 1. The zero-order valence-electron chi connectivity index (χ0n) is 13.1. The second-order valence-electron chi connectivity index (χ2n) is 6.47. The fourth-order valence-corrected chi connectivity index (χ4v) is 3.55. The maximum absolute atomic E-state index is 5.63. The summed E-state index contributed by atoms with van der Waals surface area (Å²) in [6.45, 7) is 12.7. The molecule has 3 nitrogen and oxygen atoms in total. The molecule has 2 heterocycles. The lowest BCUT2D eigenvalue weighted by Crippen LogP contribution is -2.55. The average Bonchev–Trinajstić information content (AvgIpc) is 2.83. The fraction of sp³-hybridized carbons (Fsp3) is 1.00. The Hall–Kier alpha value is -0.120. The van der Waals surface area contributed by atoms with Crippen LogP contribution in [0.4, 0.5) is 0 Å². The third-order valence-corrected chi connectivity index (χ3v) is 4.67. The van der Waals surface area contributed by atoms with Crippen molar-refractivity contribution in [1.82, 2.24) is 9.80 Å². The third kappa shape index (κ3) is 4.44. The first-order valence-corrected chi connectivity index (χ1v) is 8.30. The van der Waals surface area contributed by atoms with E-state index in [-0.39, 0.29) is 0 Å². The lowest BCUT2D eigenvalue weighted by Gasteiger charge is -2.43. The largest absolute Gasteiger partial charge is 0.379 e. The van der Waals surface area contributed by atoms with Gasteiger partial charge >= 0.3 is 0 Å². The van der Waals surface area contributed by atoms with Gasteiger partial charge in [-0.1, -0.05) is 6.92 Å². The summed E-state index contributed by atoms with van der Waals surface area (Å²) in [5, 5.41) is 0. The Morgan fingerprint density at radius 3 is 2.79 bits per heavy atom. The normalized spacial score (nSPS) is 29.1. The van der Waals surface area contributed by atoms with Gasteiger partial charge in [-0.05, 0) is 59.0 Å². The molecule has 2 unspecified atom stereocenters. The summed E-state index contributed by atoms with van der Waals surface area (Å²) in [6.07, 6.45) is 7.01. The Bertz CT molecular complexity index is 257. The average molecular weight is 268 g/mol. The van der Waals surface area contributed by atoms with Crippen LogP contribution >= 0.6 is 0 Å². The van der Waals surface area contributed by atoms with Crippen molar-refractivity contribution in [3.63, 3.8) is 0 Å². The van der Waals surface area contributed by atoms with Gasteiger partial charge < -0.3 is 4.74 Å². The molecular weight excluding hydrogens is 236 g/mol. The highest BCUT2D eigenvalue weighted by molar-refractivity contribution is 4.91. The molecule has 0 N–H and O–H groups in total. The van der Waals surface area contributed by atoms with Crippen LogP contribution in [0.15, 0.2) is 0 Å². The van der Waals surface area contributed by atoms with Gasteiger partial charge in [0.25, 0.3) is 0 Å². The van der Waals surface area contributed by atoms with Crippen LogP contribution in [0.5, 0.6) is 0 Å². The highest BCUT2D eigenvalue weighted by Crippen LogP contribution is 2.25. The van der Waals surface area contributed by atoms with Gasteiger partial charge in [-0.25, -0.2) is 0 Å². The van der Waals surface area contributed by atoms with E-state index in [2.05, 4.69) is 30.6 Å². The smallest absolute Gasteiger partial charge is 0.0518 e. The maximum Gasteiger partial charge on any atom is 0.0518 e. The van der Waals surface area contributed by atoms with Crippen LogP contribution < -0.4 is 0 Å². The maximum atomic E-state index is 5.63. The zero-order valence-corrected chi connectivity index (χ0v) is 13.1. The van der Waals surface area contributed by atoms with Crippen LogP contribution in [0, 0.1) is 0 Å². The standard InChI is InChI=1S/C16H32N2O/c1-4-15-12-18-10-7-8-16(18)13-17(15)9-5-6-11-19-14(2)3/h14-16H,4-13H2,1-3H3. The summed E-state index contributed by atoms with van der Waals surface area (Å²) >= 11 is 0. The molecule has 2 saturated heterocycles. The summed E-state index contributed by atoms with van der Waals surface area (Å²) < 4.78 is 5.63. The minimum Gasteiger partial charge on any atom is -0.379 e. The van der Waals surface area contributed by atoms with Gasteiger partial charge in [-0.2, -0.15) is 0 Å². The molecule has 0 saturated carbocycles. The molecule has 2 aliphatic rings. The van der Waals surface area contributed by atoms with Crippen LogP contribution in [0.25, 0.3) is 0 Å². The van der Waals surface area contributed by atoms with E-state index >= 15 is 0 Å². The van der Waals surface area contributed by atoms with E-state index in [0.29, 0.717) is 6.10 Å². The zero-order chi connectivity index (χ0) is 13.7. The molecule has 0 aromatic rings. The van der Waals surface area contributed by atoms with E-state index in [1.54, 1.807) is 0 Å². The van der Waals surface area contributed by atoms with Gasteiger partial charge in [-0.3, -0.25) is 9.80 Å². The molecule has 0 aromatic carbocycles. The van der Waals surface area contributed by atoms with Crippen molar-refractivity contribution in [2.45, 2.75) is 71.1 Å². The lowest BCUT2D eigenvalue weighted by atomic mass is 10.0. The number of hydrogen-bond acceptors (Lipinski definition) is 3. The highest BCUT2D eigenvalue weighted by Gasteiger charge is 2.34. The first-order chi connectivity index (χ1) is 9.20. The number of ether oxygens (including phenoxy) is 1. The molecule has 0 aromatic heterocycles. The van der Waals surface area contributed by atoms with E-state index in [1.807, 2.05) is 0 Å². The molecule has 2 atom stereocenters. The van der Waals surface area contributed by atoms with Gasteiger partial charge in [0, 0.05) is 31.8 Å². The van der Waals surface area contributed by atoms with Crippen molar-refractivity contribution in [2.24, 2.45) is 0 Å². The van der Waals surface area contributed by atoms with Crippen LogP contribution in [0.2, 0.25) is 0 Å². The molecule has 3 heteroatoms. The van der Waals surface area contributed by atoms with Crippen molar-refractivity contribution in [3.8, 4) is 0 Å². The number of fused-ring (bicyclic) bond motifs is 1. The van der Waals surface area contributed by atoms with Crippen molar-refractivity contribution >= 4 is 0 Å². The Kier molecular flexibility index (Phi) is 6.11. The number of rotatable bonds is 7. The Labute approximate surface area is 119 Å². The molecule has 0 bridgehead atoms. The number of nitrogens with zero attached hydrogens (tertiary/aromatic N) is 2. The van der Waals surface area contributed by atoms with Gasteiger partial charge in [0.2, 0.25) is 0 Å². The summed E-state index contributed by atoms with van der Waals surface area (Å²) in [6, 6.07) is 1.65. The van der Waals surface area contributed by atoms with Crippen molar-refractivity contribution in [2.75, 3.05) is 32.8 Å². The second kappa shape index (κ2) is 7.61. The SMILES string of the molecule is CCC1CN2CCCC2CN1CCCCOC(C)C. The monoisotopic (exact) mass is 268 g/mol. The topological polar surface area (TPSA) is 15.7 Å². The molecule has 2 fully saturated rings. The predicted molar refractivity (Wildman–Crippen MR) is 80.6 cm³/mol. The predicted octanol–water partition coefficient (Wildman–Crippen LogP) is 2.75. The molecule has 0 spiro atoms. The van der Waals surface area contributed by atoms with Crippen LogP contribution in [-0.4, -0.2) is 60.8 Å². The lowest BCUT2D eigenvalue weighted by molar-refractivity contribution is 0.0417. The Balaban J connectivity index is 1.69. The van der Waals surface area contributed by atoms with Crippen molar-refractivity contribution in [1.29, 1.82) is 0 Å². The summed E-state index contributed by atoms with van der Waals surface area (Å²) in [5.74, 6) is 0. The molecule has 2 rings (SSSR count). The second-order valence-corrected chi connectivity index (χ2v) is 6.47. The van der Waals surface area contributed by atoms with Crippen LogP contribution in [-0.2, 0) is 4.74 Å². The van der Waals surface area contributed by atoms with Crippen LogP contribution in [0.3, 0.4) is 0 Å². The van der Waals surface area contributed by atoms with E-state index in [0.717, 1.165) is 18.7 Å². The molecular formula is C16H32N2O. The fourth-order valence-electron chi connectivity index (χ4n) is 3.55. The van der Waals surface area contributed by atoms with E-state index in [1.165, 1.54) is 58.3 Å². The Morgan fingerprint density at radius 2 is 2.05 bits per heavy atom. The third-order valence-electron chi connectivity index (χ3n) is 4.67. The molecule has 19 heavy (non-hydrogen) atoms. The quantitative estimate of drug-likeness (QED) is 0.660. The highest BCUT2D eigenvalue weighted by atomic mass is 16.5. The van der Waals surface area contributed by atoms with Crippen LogP contribution in [0.1, 0.15) is 52.9 Å². The summed E-state index contributed by atoms with van der Waals surface area (Å²) in [4.78, 5) is 5.48. The van der Waals surface area contributed by atoms with Crippen molar-refractivity contribution in [3.05, 3.63) is 0 Å². The van der Waals surface area contributed by atoms with Gasteiger partial charge in [-0.15, -0.1) is 0 Å². The van der Waals surface area contributed by atoms with E-state index in [9.17, 15) is 0 Å². The van der Waals surface area contributed by atoms with E-state index < -0.39 is 0 Å². The summed E-state index contributed by atoms with van der Waals surface area (Å²) in [7, 11) is 0. The van der Waals surface area contributed by atoms with E-state index in [4.69, 9.17) is 4.74 Å². The summed E-state index contributed by atoms with van der Waals surface area (Å²) in [5.41, 5.74) is 0. The molecule has 0 amide bonds. The minimum atomic E-state index is 0.380. The van der Waals surface area contributed by atoms with Crippen molar-refractivity contribution < 1.29 is 4.74 Å². The molecule has 2 aliphatic heterocycles. The van der Waals surface area contributed by atoms with Gasteiger partial charge in [0.1, 0.15) is 0 Å². The first-order valence-electron chi connectivity index (χ1n) is 8.30. The number of hydrogen-bond donors (Lipinski definition) is 0. The molecule has 0 radical (unpaired) electrons.